The fourth-order valence-electron chi connectivity index (χ4n) is 9.83. The number of imidazole rings is 1. The summed E-state index contributed by atoms with van der Waals surface area (Å²) in [5.41, 5.74) is 8.20. The molecule has 0 radical (unpaired) electrons. The quantitative estimate of drug-likeness (QED) is 0.146. The Morgan fingerprint density at radius 1 is 0.784 bits per heavy atom. The average Bonchev–Trinajstić information content (AvgIpc) is 3.56. The summed E-state index contributed by atoms with van der Waals surface area (Å²) < 4.78 is 15.4. The van der Waals surface area contributed by atoms with Crippen molar-refractivity contribution in [2.24, 2.45) is 17.8 Å². The number of carbonyl (C=O) groups excluding carboxylic acids is 1. The fraction of sp³-hybridized carbons (Fsp3) is 0.395. The normalized spacial score (nSPS) is 28.2. The van der Waals surface area contributed by atoms with Gasteiger partial charge in [-0.25, -0.2) is 9.78 Å². The zero-order valence-corrected chi connectivity index (χ0v) is 28.9. The molecule has 3 atom stereocenters. The summed E-state index contributed by atoms with van der Waals surface area (Å²) in [6.45, 7) is 1.16. The highest BCUT2D eigenvalue weighted by atomic mass is 16.7. The van der Waals surface area contributed by atoms with Gasteiger partial charge in [0, 0.05) is 24.1 Å². The molecule has 262 valence electrons. The van der Waals surface area contributed by atoms with Crippen LogP contribution in [0.2, 0.25) is 0 Å². The molecule has 0 spiro atoms. The maximum Gasteiger partial charge on any atom is 0.315 e. The summed E-state index contributed by atoms with van der Waals surface area (Å²) in [5.74, 6) is 2.39. The van der Waals surface area contributed by atoms with Crippen molar-refractivity contribution in [3.63, 3.8) is 0 Å². The summed E-state index contributed by atoms with van der Waals surface area (Å²) in [5, 5.41) is 16.2. The summed E-state index contributed by atoms with van der Waals surface area (Å²) in [6, 6.07) is 32.9. The molecule has 3 N–H and O–H groups in total. The number of urea groups is 1. The second-order valence-electron chi connectivity index (χ2n) is 15.6. The number of aliphatic hydroxyl groups is 1. The topological polar surface area (TPSA) is 97.6 Å². The predicted octanol–water partition coefficient (Wildman–Crippen LogP) is 8.21. The van der Waals surface area contributed by atoms with Crippen LogP contribution >= 0.6 is 0 Å². The first kappa shape index (κ1) is 32.4. The lowest BCUT2D eigenvalue weighted by atomic mass is 9.53. The van der Waals surface area contributed by atoms with Crippen molar-refractivity contribution in [1.29, 1.82) is 0 Å². The van der Waals surface area contributed by atoms with E-state index in [-0.39, 0.29) is 30.4 Å². The zero-order valence-electron chi connectivity index (χ0n) is 28.9. The zero-order chi connectivity index (χ0) is 34.4. The van der Waals surface area contributed by atoms with Gasteiger partial charge in [-0.05, 0) is 102 Å². The number of nitrogens with one attached hydrogen (secondary N) is 2. The SMILES string of the molecule is O=C(NCc1cccc(-c2ccc(C3OC(Cn4cnc5ccccc54)CC(c4ccc(CO)cc4)O3)cc2)c1)NC12CC3CC(CC(C3)C1)C2. The van der Waals surface area contributed by atoms with E-state index in [1.54, 1.807) is 0 Å². The summed E-state index contributed by atoms with van der Waals surface area (Å²) in [4.78, 5) is 17.7. The first-order chi connectivity index (χ1) is 25.0. The van der Waals surface area contributed by atoms with Gasteiger partial charge in [0.15, 0.2) is 6.29 Å². The van der Waals surface area contributed by atoms with Gasteiger partial charge in [0.2, 0.25) is 0 Å². The molecule has 1 aliphatic heterocycles. The molecule has 2 heterocycles. The van der Waals surface area contributed by atoms with E-state index >= 15 is 0 Å². The third-order valence-electron chi connectivity index (χ3n) is 11.9. The molecule has 4 aliphatic carbocycles. The largest absolute Gasteiger partial charge is 0.392 e. The van der Waals surface area contributed by atoms with Gasteiger partial charge >= 0.3 is 6.03 Å². The molecule has 51 heavy (non-hydrogen) atoms. The molecule has 1 aromatic heterocycles. The Kier molecular flexibility index (Phi) is 8.62. The number of aromatic nitrogens is 2. The predicted molar refractivity (Wildman–Crippen MR) is 196 cm³/mol. The molecule has 10 rings (SSSR count). The lowest BCUT2D eigenvalue weighted by Gasteiger charge is -2.56. The molecule has 3 unspecified atom stereocenters. The van der Waals surface area contributed by atoms with E-state index in [1.807, 2.05) is 48.8 Å². The molecule has 1 saturated heterocycles. The van der Waals surface area contributed by atoms with Crippen LogP contribution < -0.4 is 10.6 Å². The van der Waals surface area contributed by atoms with Crippen LogP contribution in [0.5, 0.6) is 0 Å². The highest BCUT2D eigenvalue weighted by Gasteiger charge is 2.51. The molecule has 8 nitrogen and oxygen atoms in total. The van der Waals surface area contributed by atoms with Crippen LogP contribution in [-0.2, 0) is 29.2 Å². The minimum Gasteiger partial charge on any atom is -0.392 e. The van der Waals surface area contributed by atoms with E-state index in [0.717, 1.165) is 81.4 Å². The van der Waals surface area contributed by atoms with Crippen molar-refractivity contribution >= 4 is 17.1 Å². The molecule has 5 aromatic rings. The minimum atomic E-state index is -0.543. The molecular weight excluding hydrogens is 636 g/mol. The summed E-state index contributed by atoms with van der Waals surface area (Å²) >= 11 is 0. The Morgan fingerprint density at radius 2 is 1.51 bits per heavy atom. The first-order valence-corrected chi connectivity index (χ1v) is 18.6. The Morgan fingerprint density at radius 3 is 2.25 bits per heavy atom. The van der Waals surface area contributed by atoms with Crippen LogP contribution in [0.25, 0.3) is 22.2 Å². The first-order valence-electron chi connectivity index (χ1n) is 18.6. The van der Waals surface area contributed by atoms with E-state index in [9.17, 15) is 9.90 Å². The number of hydrogen-bond acceptors (Lipinski definition) is 5. The molecule has 4 aromatic carbocycles. The van der Waals surface area contributed by atoms with Gasteiger partial charge in [0.1, 0.15) is 0 Å². The van der Waals surface area contributed by atoms with Crippen LogP contribution in [0.3, 0.4) is 0 Å². The summed E-state index contributed by atoms with van der Waals surface area (Å²) in [7, 11) is 0. The standard InChI is InChI=1S/C43H46N4O4/c48-26-28-8-10-34(11-9-28)40-20-37(25-47-27-45-38-6-1-2-7-39(38)47)50-41(51-40)35-14-12-33(13-15-35)36-5-3-4-29(19-36)24-44-42(49)46-43-21-30-16-31(22-43)18-32(17-30)23-43/h1-15,19,27,30-32,37,40-41,48H,16-18,20-26H2,(H2,44,46,49). The molecule has 4 bridgehead atoms. The Bertz CT molecular complexity index is 1970. The monoisotopic (exact) mass is 682 g/mol. The number of carbonyl (C=O) groups is 1. The highest BCUT2D eigenvalue weighted by Crippen LogP contribution is 2.55. The van der Waals surface area contributed by atoms with Crippen LogP contribution in [-0.4, -0.2) is 32.3 Å². The smallest absolute Gasteiger partial charge is 0.315 e. The van der Waals surface area contributed by atoms with Crippen LogP contribution in [0.15, 0.2) is 103 Å². The van der Waals surface area contributed by atoms with Crippen molar-refractivity contribution < 1.29 is 19.4 Å². The number of aliphatic hydroxyl groups excluding tert-OH is 1. The molecule has 5 fully saturated rings. The van der Waals surface area contributed by atoms with Gasteiger partial charge < -0.3 is 29.8 Å². The fourth-order valence-corrected chi connectivity index (χ4v) is 9.83. The number of para-hydroxylation sites is 2. The number of amides is 2. The van der Waals surface area contributed by atoms with Gasteiger partial charge in [0.05, 0.1) is 42.7 Å². The van der Waals surface area contributed by atoms with E-state index in [0.29, 0.717) is 19.5 Å². The number of ether oxygens (including phenoxy) is 2. The molecule has 5 aliphatic rings. The third kappa shape index (κ3) is 6.80. The lowest BCUT2D eigenvalue weighted by molar-refractivity contribution is -0.252. The minimum absolute atomic E-state index is 0.00657. The van der Waals surface area contributed by atoms with Gasteiger partial charge in [-0.1, -0.05) is 78.9 Å². The van der Waals surface area contributed by atoms with E-state index in [2.05, 4.69) is 74.8 Å². The van der Waals surface area contributed by atoms with Crippen molar-refractivity contribution in [3.8, 4) is 11.1 Å². The number of fused-ring (bicyclic) bond motifs is 1. The van der Waals surface area contributed by atoms with Gasteiger partial charge in [-0.15, -0.1) is 0 Å². The Labute approximate surface area is 299 Å². The molecule has 4 saturated carbocycles. The number of rotatable bonds is 9. The highest BCUT2D eigenvalue weighted by molar-refractivity contribution is 5.75. The molecule has 2 amide bonds. The average molecular weight is 683 g/mol. The number of hydrogen-bond donors (Lipinski definition) is 3. The van der Waals surface area contributed by atoms with Crippen molar-refractivity contribution in [1.82, 2.24) is 20.2 Å². The lowest BCUT2D eigenvalue weighted by Crippen LogP contribution is -2.61. The second kappa shape index (κ2) is 13.6. The van der Waals surface area contributed by atoms with Crippen molar-refractivity contribution in [2.45, 2.75) is 88.7 Å². The Hall–Kier alpha value is -4.50. The molecule has 8 heteroatoms. The van der Waals surface area contributed by atoms with E-state index in [4.69, 9.17) is 9.47 Å². The van der Waals surface area contributed by atoms with Gasteiger partial charge in [-0.3, -0.25) is 0 Å². The summed E-state index contributed by atoms with van der Waals surface area (Å²) in [6.07, 6.45) is 9.30. The second-order valence-corrected chi connectivity index (χ2v) is 15.6. The molecular formula is C43H46N4O4. The van der Waals surface area contributed by atoms with Crippen LogP contribution in [0.4, 0.5) is 4.79 Å². The van der Waals surface area contributed by atoms with Crippen molar-refractivity contribution in [2.75, 3.05) is 0 Å². The number of benzene rings is 4. The Balaban J connectivity index is 0.881. The van der Waals surface area contributed by atoms with Gasteiger partial charge in [-0.2, -0.15) is 0 Å². The number of nitrogens with zero attached hydrogens (tertiary/aromatic N) is 2. The van der Waals surface area contributed by atoms with Gasteiger partial charge in [0.25, 0.3) is 0 Å². The maximum atomic E-state index is 13.1. The third-order valence-corrected chi connectivity index (χ3v) is 11.9. The van der Waals surface area contributed by atoms with E-state index in [1.165, 1.54) is 19.3 Å². The van der Waals surface area contributed by atoms with Crippen LogP contribution in [0.1, 0.15) is 79.6 Å². The van der Waals surface area contributed by atoms with Crippen LogP contribution in [0, 0.1) is 17.8 Å². The van der Waals surface area contributed by atoms with Crippen molar-refractivity contribution in [3.05, 3.63) is 126 Å². The maximum absolute atomic E-state index is 13.1. The van der Waals surface area contributed by atoms with E-state index < -0.39 is 6.29 Å².